The van der Waals surface area contributed by atoms with Crippen molar-refractivity contribution in [1.82, 2.24) is 15.5 Å². The summed E-state index contributed by atoms with van der Waals surface area (Å²) in [6.07, 6.45) is 0. The standard InChI is InChI=1S/C22H27N3O4/c1-15(18-8-9-19-20(12-18)29-11-10-28-19)24-21(26)14-25(3)13-16-4-6-17(7-5-16)22(27)23-2/h4-9,12,15H,10-11,13-14H2,1-3H3,(H,23,27)(H,24,26)/t15-/m0/s1. The maximum absolute atomic E-state index is 12.4. The fraction of sp³-hybridized carbons (Fsp3) is 0.364. The molecule has 2 N–H and O–H groups in total. The van der Waals surface area contributed by atoms with Crippen LogP contribution in [0, 0.1) is 0 Å². The lowest BCUT2D eigenvalue weighted by molar-refractivity contribution is -0.122. The molecule has 1 atom stereocenters. The van der Waals surface area contributed by atoms with Gasteiger partial charge in [-0.25, -0.2) is 0 Å². The quantitative estimate of drug-likeness (QED) is 0.748. The first kappa shape index (κ1) is 20.7. The van der Waals surface area contributed by atoms with Gasteiger partial charge in [-0.1, -0.05) is 18.2 Å². The highest BCUT2D eigenvalue weighted by molar-refractivity contribution is 5.93. The molecule has 0 bridgehead atoms. The Morgan fingerprint density at radius 2 is 1.76 bits per heavy atom. The average molecular weight is 397 g/mol. The summed E-state index contributed by atoms with van der Waals surface area (Å²) in [6, 6.07) is 13.0. The van der Waals surface area contributed by atoms with Crippen LogP contribution in [0.15, 0.2) is 42.5 Å². The van der Waals surface area contributed by atoms with E-state index in [1.165, 1.54) is 0 Å². The van der Waals surface area contributed by atoms with Gasteiger partial charge < -0.3 is 20.1 Å². The second-order valence-corrected chi connectivity index (χ2v) is 7.14. The number of fused-ring (bicyclic) bond motifs is 1. The summed E-state index contributed by atoms with van der Waals surface area (Å²) >= 11 is 0. The zero-order chi connectivity index (χ0) is 20.8. The second kappa shape index (κ2) is 9.43. The summed E-state index contributed by atoms with van der Waals surface area (Å²) in [5.41, 5.74) is 2.62. The van der Waals surface area contributed by atoms with Crippen LogP contribution in [0.3, 0.4) is 0 Å². The molecule has 2 amide bonds. The summed E-state index contributed by atoms with van der Waals surface area (Å²) in [7, 11) is 3.50. The van der Waals surface area contributed by atoms with Crippen molar-refractivity contribution >= 4 is 11.8 Å². The van der Waals surface area contributed by atoms with Crippen LogP contribution in [0.25, 0.3) is 0 Å². The fourth-order valence-electron chi connectivity index (χ4n) is 3.22. The molecular weight excluding hydrogens is 370 g/mol. The number of hydrogen-bond acceptors (Lipinski definition) is 5. The number of ether oxygens (including phenoxy) is 2. The van der Waals surface area contributed by atoms with E-state index in [2.05, 4.69) is 10.6 Å². The summed E-state index contributed by atoms with van der Waals surface area (Å²) in [5.74, 6) is 1.28. The molecule has 0 fully saturated rings. The van der Waals surface area contributed by atoms with Crippen LogP contribution in [-0.4, -0.2) is 50.6 Å². The third-order valence-corrected chi connectivity index (χ3v) is 4.75. The number of likely N-dealkylation sites (N-methyl/N-ethyl adjacent to an activating group) is 1. The summed E-state index contributed by atoms with van der Waals surface area (Å²) in [5, 5.41) is 5.62. The molecule has 0 aliphatic carbocycles. The van der Waals surface area contributed by atoms with Gasteiger partial charge >= 0.3 is 0 Å². The maximum Gasteiger partial charge on any atom is 0.251 e. The van der Waals surface area contributed by atoms with E-state index < -0.39 is 0 Å². The molecule has 0 radical (unpaired) electrons. The highest BCUT2D eigenvalue weighted by atomic mass is 16.6. The van der Waals surface area contributed by atoms with E-state index >= 15 is 0 Å². The fourth-order valence-corrected chi connectivity index (χ4v) is 3.22. The zero-order valence-electron chi connectivity index (χ0n) is 17.0. The van der Waals surface area contributed by atoms with Gasteiger partial charge in [0.1, 0.15) is 13.2 Å². The molecule has 0 unspecified atom stereocenters. The lowest BCUT2D eigenvalue weighted by Crippen LogP contribution is -2.36. The molecule has 7 nitrogen and oxygen atoms in total. The Morgan fingerprint density at radius 3 is 2.45 bits per heavy atom. The van der Waals surface area contributed by atoms with Crippen molar-refractivity contribution in [1.29, 1.82) is 0 Å². The van der Waals surface area contributed by atoms with E-state index in [4.69, 9.17) is 9.47 Å². The van der Waals surface area contributed by atoms with Crippen molar-refractivity contribution in [3.05, 3.63) is 59.2 Å². The lowest BCUT2D eigenvalue weighted by Gasteiger charge is -2.22. The van der Waals surface area contributed by atoms with Gasteiger partial charge in [0, 0.05) is 19.2 Å². The van der Waals surface area contributed by atoms with Crippen LogP contribution in [0.4, 0.5) is 0 Å². The highest BCUT2D eigenvalue weighted by Gasteiger charge is 2.16. The SMILES string of the molecule is CNC(=O)c1ccc(CN(C)CC(=O)N[C@@H](C)c2ccc3c(c2)OCCO3)cc1. The van der Waals surface area contributed by atoms with E-state index in [0.717, 1.165) is 16.9 Å². The maximum atomic E-state index is 12.4. The van der Waals surface area contributed by atoms with Gasteiger partial charge in [0.2, 0.25) is 5.91 Å². The minimum Gasteiger partial charge on any atom is -0.486 e. The first-order valence-electron chi connectivity index (χ1n) is 9.64. The Morgan fingerprint density at radius 1 is 1.07 bits per heavy atom. The van der Waals surface area contributed by atoms with Crippen molar-refractivity contribution in [3.8, 4) is 11.5 Å². The largest absolute Gasteiger partial charge is 0.486 e. The van der Waals surface area contributed by atoms with Crippen LogP contribution in [0.2, 0.25) is 0 Å². The summed E-state index contributed by atoms with van der Waals surface area (Å²) < 4.78 is 11.1. The van der Waals surface area contributed by atoms with Gasteiger partial charge in [0.25, 0.3) is 5.91 Å². The van der Waals surface area contributed by atoms with E-state index in [-0.39, 0.29) is 24.4 Å². The van der Waals surface area contributed by atoms with Gasteiger partial charge in [0.15, 0.2) is 11.5 Å². The second-order valence-electron chi connectivity index (χ2n) is 7.14. The lowest BCUT2D eigenvalue weighted by atomic mass is 10.1. The van der Waals surface area contributed by atoms with E-state index in [9.17, 15) is 9.59 Å². The Hall–Kier alpha value is -3.06. The minimum atomic E-state index is -0.140. The van der Waals surface area contributed by atoms with Gasteiger partial charge in [-0.3, -0.25) is 14.5 Å². The van der Waals surface area contributed by atoms with Gasteiger partial charge in [0.05, 0.1) is 12.6 Å². The molecule has 7 heteroatoms. The number of hydrogen-bond donors (Lipinski definition) is 2. The molecule has 2 aromatic carbocycles. The van der Waals surface area contributed by atoms with Gasteiger partial charge in [-0.05, 0) is 49.4 Å². The van der Waals surface area contributed by atoms with Crippen LogP contribution in [0.1, 0.15) is 34.5 Å². The molecule has 3 rings (SSSR count). The van der Waals surface area contributed by atoms with Crippen molar-refractivity contribution in [2.75, 3.05) is 33.9 Å². The van der Waals surface area contributed by atoms with E-state index in [0.29, 0.717) is 31.1 Å². The Labute approximate surface area is 171 Å². The van der Waals surface area contributed by atoms with Gasteiger partial charge in [-0.15, -0.1) is 0 Å². The Bertz CT molecular complexity index is 867. The number of carbonyl (C=O) groups excluding carboxylic acids is 2. The number of rotatable bonds is 7. The molecular formula is C22H27N3O4. The van der Waals surface area contributed by atoms with Crippen LogP contribution < -0.4 is 20.1 Å². The Balaban J connectivity index is 1.51. The molecule has 29 heavy (non-hydrogen) atoms. The van der Waals surface area contributed by atoms with Gasteiger partial charge in [-0.2, -0.15) is 0 Å². The monoisotopic (exact) mass is 397 g/mol. The molecule has 1 heterocycles. The molecule has 0 saturated heterocycles. The van der Waals surface area contributed by atoms with Crippen molar-refractivity contribution in [2.24, 2.45) is 0 Å². The molecule has 0 aromatic heterocycles. The Kier molecular flexibility index (Phi) is 6.72. The van der Waals surface area contributed by atoms with E-state index in [1.54, 1.807) is 19.2 Å². The molecule has 0 saturated carbocycles. The van der Waals surface area contributed by atoms with Crippen LogP contribution >= 0.6 is 0 Å². The van der Waals surface area contributed by atoms with Crippen molar-refractivity contribution in [2.45, 2.75) is 19.5 Å². The predicted octanol–water partition coefficient (Wildman–Crippen LogP) is 2.13. The summed E-state index contributed by atoms with van der Waals surface area (Å²) in [6.45, 7) is 3.92. The van der Waals surface area contributed by atoms with Crippen molar-refractivity contribution < 1.29 is 19.1 Å². The number of nitrogens with zero attached hydrogens (tertiary/aromatic N) is 1. The minimum absolute atomic E-state index is 0.0585. The third-order valence-electron chi connectivity index (χ3n) is 4.75. The number of benzene rings is 2. The number of amides is 2. The highest BCUT2D eigenvalue weighted by Crippen LogP contribution is 2.32. The molecule has 1 aliphatic rings. The normalized spacial score (nSPS) is 13.7. The van der Waals surface area contributed by atoms with Crippen molar-refractivity contribution in [3.63, 3.8) is 0 Å². The third kappa shape index (κ3) is 5.48. The van der Waals surface area contributed by atoms with Crippen LogP contribution in [-0.2, 0) is 11.3 Å². The predicted molar refractivity (Wildman–Crippen MR) is 110 cm³/mol. The first-order chi connectivity index (χ1) is 14.0. The summed E-state index contributed by atoms with van der Waals surface area (Å²) in [4.78, 5) is 26.0. The average Bonchev–Trinajstić information content (AvgIpc) is 2.73. The smallest absolute Gasteiger partial charge is 0.251 e. The number of nitrogens with one attached hydrogen (secondary N) is 2. The van der Waals surface area contributed by atoms with E-state index in [1.807, 2.05) is 49.2 Å². The number of carbonyl (C=O) groups is 2. The molecule has 1 aliphatic heterocycles. The molecule has 154 valence electrons. The molecule has 2 aromatic rings. The first-order valence-corrected chi connectivity index (χ1v) is 9.64. The molecule has 0 spiro atoms. The zero-order valence-corrected chi connectivity index (χ0v) is 17.0. The van der Waals surface area contributed by atoms with Crippen LogP contribution in [0.5, 0.6) is 11.5 Å². The topological polar surface area (TPSA) is 79.9 Å².